The maximum Gasteiger partial charge on any atom is 2.00 e. The molecule has 0 aliphatic carbocycles. The molecule has 0 saturated heterocycles. The third-order valence-corrected chi connectivity index (χ3v) is 14.0. The van der Waals surface area contributed by atoms with Crippen molar-refractivity contribution in [2.24, 2.45) is 0 Å². The first kappa shape index (κ1) is 45.2. The molecule has 2 aliphatic rings. The molecule has 4 aromatic carbocycles. The number of benzene rings is 4. The largest absolute Gasteiger partial charge is 2.00 e. The zero-order valence-corrected chi connectivity index (χ0v) is 37.3. The van der Waals surface area contributed by atoms with Crippen molar-refractivity contribution in [3.63, 3.8) is 0 Å². The van der Waals surface area contributed by atoms with E-state index in [9.17, 15) is 51.9 Å². The Morgan fingerprint density at radius 2 is 0.492 bits per heavy atom. The van der Waals surface area contributed by atoms with Crippen LogP contribution in [0.2, 0.25) is 0 Å². The molecule has 0 unspecified atom stereocenters. The van der Waals surface area contributed by atoms with Gasteiger partial charge < -0.3 is 9.97 Å². The summed E-state index contributed by atoms with van der Waals surface area (Å²) in [6.07, 6.45) is 6.92. The second kappa shape index (κ2) is 16.6. The molecule has 0 fully saturated rings. The molecular formula is C44H30MnN4O12S4+2. The summed E-state index contributed by atoms with van der Waals surface area (Å²) in [5.41, 5.74) is 7.41. The predicted molar refractivity (Wildman–Crippen MR) is 240 cm³/mol. The number of nitrogens with one attached hydrogen (secondary N) is 2. The fraction of sp³-hybridized carbons (Fsp3) is 0. The number of nitrogens with zero attached hydrogens (tertiary/aromatic N) is 2. The Hall–Kier alpha value is -6.36. The Morgan fingerprint density at radius 3 is 0.662 bits per heavy atom. The summed E-state index contributed by atoms with van der Waals surface area (Å²) in [5, 5.41) is 0. The van der Waals surface area contributed by atoms with Gasteiger partial charge in [-0.15, -0.1) is 0 Å². The Kier molecular flexibility index (Phi) is 11.5. The molecule has 327 valence electrons. The predicted octanol–water partition coefficient (Wildman–Crippen LogP) is 8.31. The Labute approximate surface area is 381 Å². The zero-order chi connectivity index (χ0) is 45.3. The van der Waals surface area contributed by atoms with Crippen molar-refractivity contribution in [3.8, 4) is 44.5 Å². The van der Waals surface area contributed by atoms with Crippen LogP contribution in [0.3, 0.4) is 0 Å². The van der Waals surface area contributed by atoms with Crippen LogP contribution in [0.4, 0.5) is 0 Å². The van der Waals surface area contributed by atoms with Crippen LogP contribution in [0.5, 0.6) is 0 Å². The molecule has 8 bridgehead atoms. The molecule has 2 aliphatic heterocycles. The van der Waals surface area contributed by atoms with Gasteiger partial charge in [0, 0.05) is 44.3 Å². The van der Waals surface area contributed by atoms with Gasteiger partial charge in [-0.2, -0.15) is 33.7 Å². The van der Waals surface area contributed by atoms with Gasteiger partial charge in [0.15, 0.2) is 0 Å². The summed E-state index contributed by atoms with van der Waals surface area (Å²) in [7, 11) is -18.2. The molecule has 0 amide bonds. The molecule has 3 aromatic heterocycles. The third kappa shape index (κ3) is 8.89. The van der Waals surface area contributed by atoms with E-state index in [0.717, 1.165) is 0 Å². The van der Waals surface area contributed by atoms with Crippen molar-refractivity contribution in [1.29, 1.82) is 0 Å². The van der Waals surface area contributed by atoms with Crippen molar-refractivity contribution < 1.29 is 69.0 Å². The summed E-state index contributed by atoms with van der Waals surface area (Å²) in [4.78, 5) is 15.6. The van der Waals surface area contributed by atoms with Gasteiger partial charge in [-0.1, -0.05) is 48.5 Å². The normalized spacial score (nSPS) is 12.9. The van der Waals surface area contributed by atoms with E-state index < -0.39 is 40.5 Å². The number of fused-ring (bicyclic) bond motifs is 8. The standard InChI is InChI=1S/C44H30N4O12S4.Mn/c49-61(50,51)29-9-1-25(2-10-29)41-33-17-19-35(45-33)42(26-3-11-30(12-4-26)62(52,53)54)37-21-23-39(47-37)44(28-7-15-32(16-8-28)64(58,59)60)40-24-22-38(48-40)43(36-20-18-34(41)46-36)27-5-13-31(14-6-27)63(55,56)57;/h1-24,45,48H,(H,49,50,51)(H,52,53,54)(H,55,56,57)(H,58,59,60);/q;+2. The number of aromatic amines is 2. The summed E-state index contributed by atoms with van der Waals surface area (Å²) >= 11 is 0. The minimum absolute atomic E-state index is 0. The average molecular weight is 990 g/mol. The second-order valence-electron chi connectivity index (χ2n) is 14.5. The molecule has 65 heavy (non-hydrogen) atoms. The minimum atomic E-state index is -4.55. The molecule has 0 saturated carbocycles. The van der Waals surface area contributed by atoms with Gasteiger partial charge in [-0.25, -0.2) is 9.97 Å². The fourth-order valence-corrected chi connectivity index (χ4v) is 9.51. The van der Waals surface area contributed by atoms with E-state index in [4.69, 9.17) is 9.97 Å². The van der Waals surface area contributed by atoms with Crippen LogP contribution in [0.15, 0.2) is 141 Å². The van der Waals surface area contributed by atoms with Crippen LogP contribution in [0.25, 0.3) is 90.9 Å². The first-order valence-electron chi connectivity index (χ1n) is 18.7. The second-order valence-corrected chi connectivity index (χ2v) is 20.2. The van der Waals surface area contributed by atoms with Crippen molar-refractivity contribution in [3.05, 3.63) is 144 Å². The molecular weight excluding hydrogens is 960 g/mol. The maximum absolute atomic E-state index is 12.0. The third-order valence-electron chi connectivity index (χ3n) is 10.5. The number of rotatable bonds is 8. The number of hydrogen-bond donors (Lipinski definition) is 6. The van der Waals surface area contributed by atoms with E-state index in [1.54, 1.807) is 48.6 Å². The Bertz CT molecular complexity index is 3300. The van der Waals surface area contributed by atoms with Gasteiger partial charge in [0.05, 0.1) is 42.4 Å². The van der Waals surface area contributed by atoms with Crippen molar-refractivity contribution in [2.75, 3.05) is 0 Å². The smallest absolute Gasteiger partial charge is 0.354 e. The van der Waals surface area contributed by atoms with Crippen molar-refractivity contribution in [2.45, 2.75) is 19.6 Å². The quantitative estimate of drug-likeness (QED) is 0.0617. The van der Waals surface area contributed by atoms with E-state index in [1.165, 1.54) is 97.1 Å². The summed E-state index contributed by atoms with van der Waals surface area (Å²) in [5.74, 6) is 0. The Morgan fingerprint density at radius 1 is 0.308 bits per heavy atom. The van der Waals surface area contributed by atoms with Crippen LogP contribution < -0.4 is 0 Å². The molecule has 1 radical (unpaired) electrons. The summed E-state index contributed by atoms with van der Waals surface area (Å²) < 4.78 is 135. The summed E-state index contributed by atoms with van der Waals surface area (Å²) in [6.45, 7) is 0. The van der Waals surface area contributed by atoms with Gasteiger partial charge in [-0.3, -0.25) is 18.2 Å². The zero-order valence-electron chi connectivity index (χ0n) is 32.8. The van der Waals surface area contributed by atoms with E-state index >= 15 is 0 Å². The Balaban J connectivity index is 0.00000576. The number of H-pyrrole nitrogens is 2. The molecule has 0 atom stereocenters. The van der Waals surface area contributed by atoms with Crippen LogP contribution in [-0.2, 0) is 57.5 Å². The average Bonchev–Trinajstić information content (AvgIpc) is 4.08. The maximum atomic E-state index is 12.0. The fourth-order valence-electron chi connectivity index (χ4n) is 7.59. The van der Waals surface area contributed by atoms with Gasteiger partial charge in [0.1, 0.15) is 0 Å². The van der Waals surface area contributed by atoms with Crippen LogP contribution in [0, 0.1) is 0 Å². The SMILES string of the molecule is O=S(=O)(O)c1ccc(-c2c3nc(c(-c4ccc(S(=O)(=O)O)cc4)c4ccc([nH]4)c(-c4ccc(S(=O)(=O)O)cc4)c4nc(c(-c5ccc(S(=O)(=O)O)cc5)c5ccc2[nH]5)C=C4)C=C3)cc1.[Mn+2]. The first-order chi connectivity index (χ1) is 30.2. The monoisotopic (exact) mass is 989 g/mol. The summed E-state index contributed by atoms with van der Waals surface area (Å²) in [6, 6.07) is 29.0. The van der Waals surface area contributed by atoms with Gasteiger partial charge in [0.25, 0.3) is 40.5 Å². The molecule has 6 N–H and O–H groups in total. The van der Waals surface area contributed by atoms with Crippen LogP contribution >= 0.6 is 0 Å². The van der Waals surface area contributed by atoms with E-state index in [1.807, 2.05) is 0 Å². The molecule has 5 heterocycles. The molecule has 21 heteroatoms. The molecule has 0 spiro atoms. The van der Waals surface area contributed by atoms with Crippen LogP contribution in [0.1, 0.15) is 22.8 Å². The van der Waals surface area contributed by atoms with E-state index in [0.29, 0.717) is 89.4 Å². The minimum Gasteiger partial charge on any atom is -0.354 e. The first-order valence-corrected chi connectivity index (χ1v) is 24.5. The van der Waals surface area contributed by atoms with Crippen molar-refractivity contribution >= 4 is 86.8 Å². The van der Waals surface area contributed by atoms with E-state index in [2.05, 4.69) is 9.97 Å². The topological polar surface area (TPSA) is 275 Å². The van der Waals surface area contributed by atoms with Gasteiger partial charge >= 0.3 is 17.1 Å². The number of aromatic nitrogens is 4. The van der Waals surface area contributed by atoms with Crippen LogP contribution in [-0.4, -0.2) is 71.8 Å². The molecule has 16 nitrogen and oxygen atoms in total. The van der Waals surface area contributed by atoms with Gasteiger partial charge in [0.2, 0.25) is 0 Å². The number of hydrogen-bond acceptors (Lipinski definition) is 10. The van der Waals surface area contributed by atoms with E-state index in [-0.39, 0.29) is 36.7 Å². The van der Waals surface area contributed by atoms with Gasteiger partial charge in [-0.05, 0) is 119 Å². The molecule has 9 rings (SSSR count). The molecule has 7 aromatic rings. The van der Waals surface area contributed by atoms with Crippen molar-refractivity contribution in [1.82, 2.24) is 19.9 Å².